The van der Waals surface area contributed by atoms with Crippen molar-refractivity contribution in [1.29, 1.82) is 0 Å². The molecule has 1 aromatic heterocycles. The maximum atomic E-state index is 12.2. The molecule has 1 amide bonds. The van der Waals surface area contributed by atoms with Gasteiger partial charge in [0.25, 0.3) is 5.91 Å². The van der Waals surface area contributed by atoms with E-state index in [0.717, 1.165) is 6.07 Å². The molecule has 0 aliphatic heterocycles. The summed E-state index contributed by atoms with van der Waals surface area (Å²) in [6, 6.07) is 5.98. The molecule has 1 atom stereocenters. The van der Waals surface area contributed by atoms with Gasteiger partial charge in [-0.1, -0.05) is 29.3 Å². The molecule has 1 heterocycles. The van der Waals surface area contributed by atoms with E-state index < -0.39 is 23.5 Å². The third kappa shape index (κ3) is 4.12. The molecule has 0 radical (unpaired) electrons. The minimum atomic E-state index is -1.08. The van der Waals surface area contributed by atoms with E-state index in [1.807, 2.05) is 0 Å². The zero-order valence-electron chi connectivity index (χ0n) is 11.9. The fourth-order valence-electron chi connectivity index (χ4n) is 1.89. The highest BCUT2D eigenvalue weighted by molar-refractivity contribution is 6.42. The molecule has 0 bridgehead atoms. The number of amides is 1. The van der Waals surface area contributed by atoms with Crippen LogP contribution in [0.5, 0.6) is 0 Å². The lowest BCUT2D eigenvalue weighted by Crippen LogP contribution is -2.35. The van der Waals surface area contributed by atoms with Gasteiger partial charge in [-0.3, -0.25) is 9.59 Å². The van der Waals surface area contributed by atoms with Crippen molar-refractivity contribution in [3.05, 3.63) is 68.1 Å². The Bertz CT molecular complexity index is 804. The Morgan fingerprint density at radius 3 is 2.52 bits per heavy atom. The number of benzene rings is 1. The highest BCUT2D eigenvalue weighted by Gasteiger charge is 2.25. The highest BCUT2D eigenvalue weighted by atomic mass is 35.5. The van der Waals surface area contributed by atoms with Gasteiger partial charge in [-0.25, -0.2) is 4.79 Å². The zero-order valence-corrected chi connectivity index (χ0v) is 13.4. The van der Waals surface area contributed by atoms with Crippen molar-refractivity contribution in [2.75, 3.05) is 7.11 Å². The summed E-state index contributed by atoms with van der Waals surface area (Å²) in [4.78, 5) is 37.8. The lowest BCUT2D eigenvalue weighted by Gasteiger charge is -2.17. The van der Waals surface area contributed by atoms with E-state index in [1.165, 1.54) is 31.5 Å². The Morgan fingerprint density at radius 2 is 1.91 bits per heavy atom. The molecule has 0 aliphatic rings. The summed E-state index contributed by atoms with van der Waals surface area (Å²) in [5.74, 6) is -1.28. The van der Waals surface area contributed by atoms with E-state index >= 15 is 0 Å². The molecule has 0 aliphatic carbocycles. The number of aromatic nitrogens is 1. The van der Waals surface area contributed by atoms with Crippen LogP contribution in [0.25, 0.3) is 0 Å². The van der Waals surface area contributed by atoms with Gasteiger partial charge < -0.3 is 15.0 Å². The molecule has 2 N–H and O–H groups in total. The largest absolute Gasteiger partial charge is 0.467 e. The molecular formula is C15H12Cl2N2O4. The van der Waals surface area contributed by atoms with E-state index in [4.69, 9.17) is 27.9 Å². The summed E-state index contributed by atoms with van der Waals surface area (Å²) >= 11 is 11.8. The van der Waals surface area contributed by atoms with Crippen molar-refractivity contribution >= 4 is 35.1 Å². The van der Waals surface area contributed by atoms with Crippen LogP contribution in [0.3, 0.4) is 0 Å². The van der Waals surface area contributed by atoms with Crippen molar-refractivity contribution in [3.8, 4) is 0 Å². The van der Waals surface area contributed by atoms with Crippen LogP contribution in [0.4, 0.5) is 0 Å². The van der Waals surface area contributed by atoms with Gasteiger partial charge in [-0.2, -0.15) is 0 Å². The van der Waals surface area contributed by atoms with E-state index in [-0.39, 0.29) is 10.6 Å². The van der Waals surface area contributed by atoms with Gasteiger partial charge >= 0.3 is 5.97 Å². The van der Waals surface area contributed by atoms with E-state index in [0.29, 0.717) is 10.6 Å². The first-order chi connectivity index (χ1) is 10.9. The summed E-state index contributed by atoms with van der Waals surface area (Å²) in [5.41, 5.74) is 0.0916. The van der Waals surface area contributed by atoms with Crippen molar-refractivity contribution < 1.29 is 14.3 Å². The van der Waals surface area contributed by atoms with Crippen molar-refractivity contribution in [1.82, 2.24) is 10.3 Å². The number of nitrogens with one attached hydrogen (secondary N) is 2. The maximum absolute atomic E-state index is 12.2. The second kappa shape index (κ2) is 7.30. The Kier molecular flexibility index (Phi) is 5.41. The Labute approximate surface area is 141 Å². The third-order valence-corrected chi connectivity index (χ3v) is 3.77. The number of carbonyl (C=O) groups excluding carboxylic acids is 2. The van der Waals surface area contributed by atoms with Gasteiger partial charge in [0.2, 0.25) is 5.56 Å². The number of halogens is 2. The van der Waals surface area contributed by atoms with Gasteiger partial charge in [0.05, 0.1) is 17.2 Å². The van der Waals surface area contributed by atoms with Crippen LogP contribution in [-0.2, 0) is 9.53 Å². The first-order valence-electron chi connectivity index (χ1n) is 6.44. The van der Waals surface area contributed by atoms with Gasteiger partial charge in [-0.05, 0) is 23.8 Å². The average Bonchev–Trinajstić information content (AvgIpc) is 2.54. The van der Waals surface area contributed by atoms with Crippen LogP contribution >= 0.6 is 23.2 Å². The third-order valence-electron chi connectivity index (χ3n) is 3.03. The molecular weight excluding hydrogens is 343 g/mol. The van der Waals surface area contributed by atoms with Crippen molar-refractivity contribution in [3.63, 3.8) is 0 Å². The van der Waals surface area contributed by atoms with Crippen LogP contribution in [0.15, 0.2) is 41.3 Å². The predicted molar refractivity (Wildman–Crippen MR) is 85.7 cm³/mol. The Balaban J connectivity index is 2.32. The molecule has 8 heteroatoms. The molecule has 1 aromatic carbocycles. The number of aromatic amines is 1. The van der Waals surface area contributed by atoms with Crippen molar-refractivity contribution in [2.45, 2.75) is 6.04 Å². The SMILES string of the molecule is COC(=O)C(NC(=O)c1cc[nH]c(=O)c1)c1ccc(Cl)c(Cl)c1. The molecule has 0 saturated heterocycles. The molecule has 0 spiro atoms. The van der Waals surface area contributed by atoms with Gasteiger partial charge in [0.1, 0.15) is 0 Å². The molecule has 6 nitrogen and oxygen atoms in total. The van der Waals surface area contributed by atoms with Crippen molar-refractivity contribution in [2.24, 2.45) is 0 Å². The highest BCUT2D eigenvalue weighted by Crippen LogP contribution is 2.26. The molecule has 23 heavy (non-hydrogen) atoms. The second-order valence-corrected chi connectivity index (χ2v) is 5.36. The number of carbonyl (C=O) groups is 2. The summed E-state index contributed by atoms with van der Waals surface area (Å²) in [5, 5.41) is 3.06. The van der Waals surface area contributed by atoms with Crippen LogP contribution in [0.1, 0.15) is 22.0 Å². The molecule has 1 unspecified atom stereocenters. The number of hydrogen-bond donors (Lipinski definition) is 2. The predicted octanol–water partition coefficient (Wildman–Crippen LogP) is 2.33. The number of esters is 1. The van der Waals surface area contributed by atoms with Crippen LogP contribution < -0.4 is 10.9 Å². The number of pyridine rings is 1. The first kappa shape index (κ1) is 17.1. The summed E-state index contributed by atoms with van der Waals surface area (Å²) in [6.45, 7) is 0. The van der Waals surface area contributed by atoms with Gasteiger partial charge in [-0.15, -0.1) is 0 Å². The van der Waals surface area contributed by atoms with E-state index in [1.54, 1.807) is 6.07 Å². The summed E-state index contributed by atoms with van der Waals surface area (Å²) in [6.07, 6.45) is 1.34. The number of hydrogen-bond acceptors (Lipinski definition) is 4. The minimum absolute atomic E-state index is 0.114. The van der Waals surface area contributed by atoms with E-state index in [9.17, 15) is 14.4 Å². The monoisotopic (exact) mass is 354 g/mol. The molecule has 2 rings (SSSR count). The lowest BCUT2D eigenvalue weighted by atomic mass is 10.1. The van der Waals surface area contributed by atoms with Gasteiger partial charge in [0.15, 0.2) is 6.04 Å². The molecule has 0 fully saturated rings. The molecule has 120 valence electrons. The number of ether oxygens (including phenoxy) is 1. The minimum Gasteiger partial charge on any atom is -0.467 e. The fraction of sp³-hybridized carbons (Fsp3) is 0.133. The fourth-order valence-corrected chi connectivity index (χ4v) is 2.19. The quantitative estimate of drug-likeness (QED) is 0.824. The lowest BCUT2D eigenvalue weighted by molar-refractivity contribution is -0.143. The Morgan fingerprint density at radius 1 is 1.17 bits per heavy atom. The van der Waals surface area contributed by atoms with E-state index in [2.05, 4.69) is 10.3 Å². The summed E-state index contributed by atoms with van der Waals surface area (Å²) in [7, 11) is 1.20. The first-order valence-corrected chi connectivity index (χ1v) is 7.20. The molecule has 0 saturated carbocycles. The number of rotatable bonds is 4. The second-order valence-electron chi connectivity index (χ2n) is 4.54. The van der Waals surface area contributed by atoms with Crippen LogP contribution in [-0.4, -0.2) is 24.0 Å². The average molecular weight is 355 g/mol. The van der Waals surface area contributed by atoms with Crippen LogP contribution in [0.2, 0.25) is 10.0 Å². The normalized spacial score (nSPS) is 11.6. The Hall–Kier alpha value is -2.31. The number of methoxy groups -OCH3 is 1. The van der Waals surface area contributed by atoms with Crippen LogP contribution in [0, 0.1) is 0 Å². The topological polar surface area (TPSA) is 88.3 Å². The maximum Gasteiger partial charge on any atom is 0.333 e. The molecule has 2 aromatic rings. The zero-order chi connectivity index (χ0) is 17.0. The van der Waals surface area contributed by atoms with Gasteiger partial charge in [0, 0.05) is 17.8 Å². The summed E-state index contributed by atoms with van der Waals surface area (Å²) < 4.78 is 4.70. The smallest absolute Gasteiger partial charge is 0.333 e. The number of H-pyrrole nitrogens is 1. The standard InChI is InChI=1S/C15H12Cl2N2O4/c1-23-15(22)13(8-2-3-10(16)11(17)6-8)19-14(21)9-4-5-18-12(20)7-9/h2-7,13H,1H3,(H,18,20)(H,19,21).